The molecule has 1 atom stereocenters. The third-order valence-electron chi connectivity index (χ3n) is 4.90. The Balaban J connectivity index is 2.29. The summed E-state index contributed by atoms with van der Waals surface area (Å²) in [4.78, 5) is 0. The zero-order valence-corrected chi connectivity index (χ0v) is 16.3. The van der Waals surface area contributed by atoms with E-state index in [4.69, 9.17) is 11.6 Å². The first-order valence-electron chi connectivity index (χ1n) is 8.79. The van der Waals surface area contributed by atoms with Crippen LogP contribution in [0, 0.1) is 13.8 Å². The first kappa shape index (κ1) is 20.6. The van der Waals surface area contributed by atoms with Gasteiger partial charge in [0, 0.05) is 5.02 Å². The molecule has 0 spiro atoms. The second-order valence-electron chi connectivity index (χ2n) is 6.54. The van der Waals surface area contributed by atoms with Gasteiger partial charge in [0.05, 0.1) is 0 Å². The number of benzene rings is 2. The van der Waals surface area contributed by atoms with Crippen LogP contribution in [0.5, 0.6) is 5.75 Å². The summed E-state index contributed by atoms with van der Waals surface area (Å²) < 4.78 is 41.1. The van der Waals surface area contributed by atoms with E-state index >= 15 is 0 Å². The number of aryl methyl sites for hydroxylation is 1. The first-order valence-corrected chi connectivity index (χ1v) is 9.17. The number of ether oxygens (including phenoxy) is 1. The molecular weight excluding hydrogens is 361 g/mol. The fourth-order valence-electron chi connectivity index (χ4n) is 3.48. The van der Waals surface area contributed by atoms with Gasteiger partial charge in [0.25, 0.3) is 0 Å². The molecule has 142 valence electrons. The largest absolute Gasteiger partial charge is 0.573 e. The summed E-state index contributed by atoms with van der Waals surface area (Å²) in [7, 11) is 0. The average Bonchev–Trinajstić information content (AvgIpc) is 2.54. The lowest BCUT2D eigenvalue weighted by atomic mass is 9.86. The minimum absolute atomic E-state index is 0.133. The summed E-state index contributed by atoms with van der Waals surface area (Å²) in [6, 6.07) is 8.49. The maximum atomic E-state index is 12.4. The summed E-state index contributed by atoms with van der Waals surface area (Å²) in [6.45, 7) is 8.46. The molecule has 0 aromatic heterocycles. The van der Waals surface area contributed by atoms with E-state index in [1.165, 1.54) is 34.4 Å². The van der Waals surface area contributed by atoms with Crippen LogP contribution in [0.1, 0.15) is 54.0 Å². The molecule has 1 unspecified atom stereocenters. The van der Waals surface area contributed by atoms with Crippen molar-refractivity contribution in [1.82, 2.24) is 0 Å². The number of hydrogen-bond donors (Lipinski definition) is 0. The van der Waals surface area contributed by atoms with E-state index in [0.29, 0.717) is 5.02 Å². The Kier molecular flexibility index (Phi) is 6.62. The highest BCUT2D eigenvalue weighted by Gasteiger charge is 2.31. The molecule has 5 heteroatoms. The summed E-state index contributed by atoms with van der Waals surface area (Å²) >= 11 is 6.27. The van der Waals surface area contributed by atoms with Crippen LogP contribution in [0.25, 0.3) is 0 Å². The van der Waals surface area contributed by atoms with E-state index in [9.17, 15) is 13.2 Å². The second-order valence-corrected chi connectivity index (χ2v) is 6.95. The molecule has 0 fully saturated rings. The van der Waals surface area contributed by atoms with Crippen LogP contribution in [-0.2, 0) is 12.8 Å². The molecule has 0 radical (unpaired) electrons. The Morgan fingerprint density at radius 3 is 2.31 bits per heavy atom. The Morgan fingerprint density at radius 1 is 1.08 bits per heavy atom. The molecule has 2 aromatic rings. The van der Waals surface area contributed by atoms with Crippen molar-refractivity contribution in [2.75, 3.05) is 0 Å². The number of halogens is 4. The topological polar surface area (TPSA) is 9.23 Å². The lowest BCUT2D eigenvalue weighted by molar-refractivity contribution is -0.274. The fraction of sp³-hybridized carbons (Fsp3) is 0.429. The molecule has 0 aliphatic heterocycles. The highest BCUT2D eigenvalue weighted by molar-refractivity contribution is 6.31. The maximum Gasteiger partial charge on any atom is 0.573 e. The molecule has 2 aromatic carbocycles. The van der Waals surface area contributed by atoms with E-state index in [-0.39, 0.29) is 11.7 Å². The molecule has 0 N–H and O–H groups in total. The van der Waals surface area contributed by atoms with Crippen LogP contribution in [0.15, 0.2) is 30.3 Å². The molecule has 0 aliphatic carbocycles. The van der Waals surface area contributed by atoms with Crippen molar-refractivity contribution in [3.8, 4) is 5.75 Å². The molecule has 0 saturated carbocycles. The van der Waals surface area contributed by atoms with Gasteiger partial charge in [-0.15, -0.1) is 13.2 Å². The molecule has 2 rings (SSSR count). The van der Waals surface area contributed by atoms with Gasteiger partial charge in [-0.3, -0.25) is 0 Å². The first-order chi connectivity index (χ1) is 12.2. The zero-order valence-electron chi connectivity index (χ0n) is 15.5. The predicted octanol–water partition coefficient (Wildman–Crippen LogP) is 7.15. The van der Waals surface area contributed by atoms with Gasteiger partial charge in [-0.25, -0.2) is 0 Å². The Labute approximate surface area is 158 Å². The molecule has 0 heterocycles. The molecule has 0 bridgehead atoms. The van der Waals surface area contributed by atoms with Crippen LogP contribution in [0.3, 0.4) is 0 Å². The van der Waals surface area contributed by atoms with Crippen LogP contribution in [0.2, 0.25) is 5.02 Å². The summed E-state index contributed by atoms with van der Waals surface area (Å²) in [5.41, 5.74) is 6.04. The third-order valence-corrected chi connectivity index (χ3v) is 5.23. The van der Waals surface area contributed by atoms with Crippen LogP contribution >= 0.6 is 11.6 Å². The molecule has 1 nitrogen and oxygen atoms in total. The van der Waals surface area contributed by atoms with Crippen molar-refractivity contribution in [1.29, 1.82) is 0 Å². The second kappa shape index (κ2) is 8.34. The molecule has 0 amide bonds. The van der Waals surface area contributed by atoms with Crippen molar-refractivity contribution in [3.05, 3.63) is 63.2 Å². The van der Waals surface area contributed by atoms with Crippen molar-refractivity contribution in [2.45, 2.75) is 59.2 Å². The molecule has 26 heavy (non-hydrogen) atoms. The third kappa shape index (κ3) is 4.94. The van der Waals surface area contributed by atoms with Crippen molar-refractivity contribution in [3.63, 3.8) is 0 Å². The number of hydrogen-bond acceptors (Lipinski definition) is 1. The van der Waals surface area contributed by atoms with Gasteiger partial charge in [0.15, 0.2) is 0 Å². The highest BCUT2D eigenvalue weighted by atomic mass is 35.5. The smallest absolute Gasteiger partial charge is 0.406 e. The lowest BCUT2D eigenvalue weighted by Crippen LogP contribution is -2.17. The fourth-order valence-corrected chi connectivity index (χ4v) is 3.81. The summed E-state index contributed by atoms with van der Waals surface area (Å²) in [5.74, 6) is -0.158. The molecule has 0 aliphatic rings. The van der Waals surface area contributed by atoms with E-state index in [1.54, 1.807) is 6.07 Å². The van der Waals surface area contributed by atoms with E-state index in [0.717, 1.165) is 24.8 Å². The van der Waals surface area contributed by atoms with Gasteiger partial charge in [-0.1, -0.05) is 43.6 Å². The van der Waals surface area contributed by atoms with Gasteiger partial charge in [0.2, 0.25) is 0 Å². The normalized spacial score (nSPS) is 12.9. The van der Waals surface area contributed by atoms with Crippen molar-refractivity contribution in [2.24, 2.45) is 0 Å². The zero-order chi connectivity index (χ0) is 19.5. The van der Waals surface area contributed by atoms with Gasteiger partial charge in [-0.2, -0.15) is 0 Å². The van der Waals surface area contributed by atoms with Gasteiger partial charge < -0.3 is 4.74 Å². The van der Waals surface area contributed by atoms with E-state index in [2.05, 4.69) is 44.6 Å². The van der Waals surface area contributed by atoms with Crippen LogP contribution < -0.4 is 4.74 Å². The monoisotopic (exact) mass is 384 g/mol. The van der Waals surface area contributed by atoms with Gasteiger partial charge in [0.1, 0.15) is 5.75 Å². The predicted molar refractivity (Wildman–Crippen MR) is 100 cm³/mol. The Hall–Kier alpha value is -1.68. The van der Waals surface area contributed by atoms with Crippen molar-refractivity contribution < 1.29 is 17.9 Å². The summed E-state index contributed by atoms with van der Waals surface area (Å²) in [5, 5.41) is 0.305. The van der Waals surface area contributed by atoms with E-state index < -0.39 is 6.36 Å². The Bertz CT molecular complexity index is 769. The quantitative estimate of drug-likeness (QED) is 0.513. The van der Waals surface area contributed by atoms with Gasteiger partial charge >= 0.3 is 6.36 Å². The maximum absolute atomic E-state index is 12.4. The minimum Gasteiger partial charge on any atom is -0.406 e. The van der Waals surface area contributed by atoms with Gasteiger partial charge in [-0.05, 0) is 79.0 Å². The number of rotatable bonds is 6. The molecule has 0 saturated heterocycles. The minimum atomic E-state index is -4.72. The van der Waals surface area contributed by atoms with Crippen LogP contribution in [-0.4, -0.2) is 6.36 Å². The van der Waals surface area contributed by atoms with Crippen LogP contribution in [0.4, 0.5) is 13.2 Å². The summed E-state index contributed by atoms with van der Waals surface area (Å²) in [6.07, 6.45) is -2.10. The van der Waals surface area contributed by atoms with Crippen molar-refractivity contribution >= 4 is 11.6 Å². The Morgan fingerprint density at radius 2 is 1.77 bits per heavy atom. The SMILES string of the molecule is CCc1c(C)ccc(CC(CC)c2ccc(OC(F)(F)F)cc2Cl)c1C. The average molecular weight is 385 g/mol. The standard InChI is InChI=1S/C21H24ClF3O/c1-5-15(11-16-8-7-13(3)18(6-2)14(16)4)19-10-9-17(12-20(19)22)26-21(23,24)25/h7-10,12,15H,5-6,11H2,1-4H3. The highest BCUT2D eigenvalue weighted by Crippen LogP contribution is 2.35. The number of alkyl halides is 3. The molecular formula is C21H24ClF3O. The lowest BCUT2D eigenvalue weighted by Gasteiger charge is -2.21. The van der Waals surface area contributed by atoms with E-state index in [1.807, 2.05) is 0 Å².